The van der Waals surface area contributed by atoms with Gasteiger partial charge in [0.2, 0.25) is 0 Å². The van der Waals surface area contributed by atoms with Crippen molar-refractivity contribution in [3.8, 4) is 0 Å². The number of rotatable bonds is 2. The number of piperidine rings is 1. The van der Waals surface area contributed by atoms with Gasteiger partial charge in [-0.2, -0.15) is 0 Å². The van der Waals surface area contributed by atoms with E-state index in [0.717, 1.165) is 25.9 Å². The van der Waals surface area contributed by atoms with Crippen molar-refractivity contribution in [1.82, 2.24) is 10.2 Å². The van der Waals surface area contributed by atoms with Crippen molar-refractivity contribution in [2.24, 2.45) is 0 Å². The van der Waals surface area contributed by atoms with Gasteiger partial charge in [-0.15, -0.1) is 0 Å². The van der Waals surface area contributed by atoms with E-state index in [2.05, 4.69) is 31.0 Å². The van der Waals surface area contributed by atoms with Crippen LogP contribution in [0, 0.1) is 5.82 Å². The molecule has 0 bridgehead atoms. The largest absolute Gasteiger partial charge is 0.396 e. The third-order valence-electron chi connectivity index (χ3n) is 4.04. The third kappa shape index (κ3) is 3.94. The number of amides is 1. The summed E-state index contributed by atoms with van der Waals surface area (Å²) in [5.74, 6) is -0.680. The number of likely N-dealkylation sites (tertiary alicyclic amines) is 1. The molecule has 116 valence electrons. The molecular weight excluding hydrogens is 269 g/mol. The van der Waals surface area contributed by atoms with Gasteiger partial charge in [0.15, 0.2) is 0 Å². The molecule has 0 atom stereocenters. The summed E-state index contributed by atoms with van der Waals surface area (Å²) in [4.78, 5) is 14.6. The molecule has 4 nitrogen and oxygen atoms in total. The molecule has 2 rings (SSSR count). The lowest BCUT2D eigenvalue weighted by Gasteiger charge is -2.41. The maximum Gasteiger partial charge on any atom is 0.251 e. The number of nitrogens with two attached hydrogens (primary N) is 1. The van der Waals surface area contributed by atoms with E-state index in [-0.39, 0.29) is 23.2 Å². The van der Waals surface area contributed by atoms with Gasteiger partial charge >= 0.3 is 0 Å². The zero-order valence-corrected chi connectivity index (χ0v) is 12.9. The quantitative estimate of drug-likeness (QED) is 0.823. The fourth-order valence-corrected chi connectivity index (χ4v) is 2.65. The van der Waals surface area contributed by atoms with E-state index in [4.69, 9.17) is 5.73 Å². The minimum absolute atomic E-state index is 0.00482. The summed E-state index contributed by atoms with van der Waals surface area (Å²) in [7, 11) is 0. The first-order chi connectivity index (χ1) is 9.77. The average Bonchev–Trinajstić information content (AvgIpc) is 2.41. The fraction of sp³-hybridized carbons (Fsp3) is 0.562. The molecule has 3 N–H and O–H groups in total. The Bertz CT molecular complexity index is 517. The zero-order valence-electron chi connectivity index (χ0n) is 12.9. The molecule has 0 radical (unpaired) electrons. The summed E-state index contributed by atoms with van der Waals surface area (Å²) >= 11 is 0. The Labute approximate surface area is 125 Å². The Hall–Kier alpha value is -1.62. The number of anilines is 1. The molecule has 1 saturated heterocycles. The van der Waals surface area contributed by atoms with E-state index in [0.29, 0.717) is 5.56 Å². The minimum atomic E-state index is -0.495. The Morgan fingerprint density at radius 2 is 1.95 bits per heavy atom. The molecule has 1 amide bonds. The van der Waals surface area contributed by atoms with E-state index < -0.39 is 5.82 Å². The van der Waals surface area contributed by atoms with Crippen molar-refractivity contribution < 1.29 is 9.18 Å². The molecule has 21 heavy (non-hydrogen) atoms. The Kier molecular flexibility index (Phi) is 4.52. The molecule has 0 spiro atoms. The standard InChI is InChI=1S/C16H24FN3O/c1-16(2,3)20-8-6-12(7-9-20)19-15(21)11-4-5-13(17)14(18)10-11/h4-5,10,12H,6-9,18H2,1-3H3,(H,19,21). The van der Waals surface area contributed by atoms with Gasteiger partial charge in [0.05, 0.1) is 5.69 Å². The van der Waals surface area contributed by atoms with E-state index >= 15 is 0 Å². The molecule has 1 aromatic rings. The predicted molar refractivity (Wildman–Crippen MR) is 82.6 cm³/mol. The van der Waals surface area contributed by atoms with Crippen molar-refractivity contribution in [3.63, 3.8) is 0 Å². The minimum Gasteiger partial charge on any atom is -0.396 e. The van der Waals surface area contributed by atoms with Gasteiger partial charge < -0.3 is 11.1 Å². The van der Waals surface area contributed by atoms with Crippen LogP contribution in [-0.4, -0.2) is 35.5 Å². The molecule has 1 aliphatic heterocycles. The number of nitrogens with one attached hydrogen (secondary N) is 1. The lowest BCUT2D eigenvalue weighted by molar-refractivity contribution is 0.0812. The zero-order chi connectivity index (χ0) is 15.6. The number of carbonyl (C=O) groups is 1. The van der Waals surface area contributed by atoms with Crippen molar-refractivity contribution in [2.45, 2.75) is 45.2 Å². The fourth-order valence-electron chi connectivity index (χ4n) is 2.65. The van der Waals surface area contributed by atoms with Crippen molar-refractivity contribution >= 4 is 11.6 Å². The molecule has 1 heterocycles. The van der Waals surface area contributed by atoms with Crippen LogP contribution in [0.2, 0.25) is 0 Å². The average molecular weight is 293 g/mol. The van der Waals surface area contributed by atoms with Gasteiger partial charge in [0, 0.05) is 30.2 Å². The van der Waals surface area contributed by atoms with Crippen LogP contribution in [0.3, 0.4) is 0 Å². The molecule has 1 fully saturated rings. The number of nitrogens with zero attached hydrogens (tertiary/aromatic N) is 1. The number of benzene rings is 1. The van der Waals surface area contributed by atoms with Gasteiger partial charge in [-0.1, -0.05) is 0 Å². The van der Waals surface area contributed by atoms with Gasteiger partial charge in [0.1, 0.15) is 5.82 Å². The van der Waals surface area contributed by atoms with E-state index in [1.807, 2.05) is 0 Å². The van der Waals surface area contributed by atoms with E-state index in [1.165, 1.54) is 18.2 Å². The first-order valence-electron chi connectivity index (χ1n) is 7.38. The molecule has 0 aromatic heterocycles. The van der Waals surface area contributed by atoms with Crippen LogP contribution in [-0.2, 0) is 0 Å². The summed E-state index contributed by atoms with van der Waals surface area (Å²) in [6.45, 7) is 8.55. The summed E-state index contributed by atoms with van der Waals surface area (Å²) in [6, 6.07) is 4.24. The van der Waals surface area contributed by atoms with Crippen LogP contribution in [0.25, 0.3) is 0 Å². The topological polar surface area (TPSA) is 58.4 Å². The predicted octanol–water partition coefficient (Wildman–Crippen LogP) is 2.40. The smallest absolute Gasteiger partial charge is 0.251 e. The van der Waals surface area contributed by atoms with Crippen LogP contribution in [0.5, 0.6) is 0 Å². The van der Waals surface area contributed by atoms with Gasteiger partial charge in [-0.3, -0.25) is 9.69 Å². The lowest BCUT2D eigenvalue weighted by atomic mass is 9.98. The first kappa shape index (κ1) is 15.8. The van der Waals surface area contributed by atoms with Crippen LogP contribution < -0.4 is 11.1 Å². The molecule has 0 saturated carbocycles. The number of carbonyl (C=O) groups excluding carboxylic acids is 1. The molecule has 1 aromatic carbocycles. The summed E-state index contributed by atoms with van der Waals surface area (Å²) in [5.41, 5.74) is 6.08. The monoisotopic (exact) mass is 293 g/mol. The first-order valence-corrected chi connectivity index (χ1v) is 7.38. The van der Waals surface area contributed by atoms with Crippen molar-refractivity contribution in [3.05, 3.63) is 29.6 Å². The Morgan fingerprint density at radius 1 is 1.33 bits per heavy atom. The van der Waals surface area contributed by atoms with E-state index in [9.17, 15) is 9.18 Å². The van der Waals surface area contributed by atoms with Crippen molar-refractivity contribution in [2.75, 3.05) is 18.8 Å². The molecule has 1 aliphatic rings. The van der Waals surface area contributed by atoms with Crippen LogP contribution >= 0.6 is 0 Å². The summed E-state index contributed by atoms with van der Waals surface area (Å²) < 4.78 is 13.1. The molecule has 0 unspecified atom stereocenters. The highest BCUT2D eigenvalue weighted by molar-refractivity contribution is 5.95. The van der Waals surface area contributed by atoms with E-state index in [1.54, 1.807) is 0 Å². The van der Waals surface area contributed by atoms with Crippen LogP contribution in [0.1, 0.15) is 44.0 Å². The Balaban J connectivity index is 1.91. The number of hydrogen-bond donors (Lipinski definition) is 2. The van der Waals surface area contributed by atoms with Crippen LogP contribution in [0.4, 0.5) is 10.1 Å². The lowest BCUT2D eigenvalue weighted by Crippen LogP contribution is -2.50. The highest BCUT2D eigenvalue weighted by atomic mass is 19.1. The second-order valence-electron chi connectivity index (χ2n) is 6.64. The number of halogens is 1. The maximum atomic E-state index is 13.1. The molecular formula is C16H24FN3O. The van der Waals surface area contributed by atoms with Gasteiger partial charge in [-0.25, -0.2) is 4.39 Å². The summed E-state index contributed by atoms with van der Waals surface area (Å²) in [5, 5.41) is 3.01. The number of nitrogen functional groups attached to an aromatic ring is 1. The third-order valence-corrected chi connectivity index (χ3v) is 4.04. The molecule has 5 heteroatoms. The SMILES string of the molecule is CC(C)(C)N1CCC(NC(=O)c2ccc(F)c(N)c2)CC1. The summed E-state index contributed by atoms with van der Waals surface area (Å²) in [6.07, 6.45) is 1.86. The highest BCUT2D eigenvalue weighted by Crippen LogP contribution is 2.20. The second kappa shape index (κ2) is 6.02. The highest BCUT2D eigenvalue weighted by Gasteiger charge is 2.27. The second-order valence-corrected chi connectivity index (χ2v) is 6.64. The Morgan fingerprint density at radius 3 is 2.48 bits per heavy atom. The van der Waals surface area contributed by atoms with Crippen LogP contribution in [0.15, 0.2) is 18.2 Å². The molecule has 0 aliphatic carbocycles. The normalized spacial score (nSPS) is 17.7. The van der Waals surface area contributed by atoms with Gasteiger partial charge in [0.25, 0.3) is 5.91 Å². The number of hydrogen-bond acceptors (Lipinski definition) is 3. The van der Waals surface area contributed by atoms with Gasteiger partial charge in [-0.05, 0) is 51.8 Å². The maximum absolute atomic E-state index is 13.1. The van der Waals surface area contributed by atoms with Crippen molar-refractivity contribution in [1.29, 1.82) is 0 Å².